The Morgan fingerprint density at radius 2 is 2.50 bits per heavy atom. The molecule has 0 saturated heterocycles. The summed E-state index contributed by atoms with van der Waals surface area (Å²) in [6, 6.07) is 0. The van der Waals surface area contributed by atoms with Crippen LogP contribution in [0.2, 0.25) is 0 Å². The number of esters is 1. The number of ether oxygens (including phenoxy) is 1. The van der Waals surface area contributed by atoms with Crippen LogP contribution in [0.25, 0.3) is 0 Å². The van der Waals surface area contributed by atoms with Gasteiger partial charge in [-0.15, -0.1) is 0 Å². The first-order valence-electron chi connectivity index (χ1n) is 1.34. The van der Waals surface area contributed by atoms with E-state index in [1.165, 1.54) is 0 Å². The van der Waals surface area contributed by atoms with Gasteiger partial charge >= 0.3 is 5.97 Å². The number of hydrogen-bond donors (Lipinski definition) is 0. The Morgan fingerprint density at radius 3 is 2.50 bits per heavy atom. The third-order valence-electron chi connectivity index (χ3n) is 0.199. The lowest BCUT2D eigenvalue weighted by Gasteiger charge is -1.82. The van der Waals surface area contributed by atoms with Crippen molar-refractivity contribution in [3.05, 3.63) is 19.8 Å². The van der Waals surface area contributed by atoms with Crippen molar-refractivity contribution in [1.29, 1.82) is 0 Å². The Balaban J connectivity index is 3.05. The van der Waals surface area contributed by atoms with Gasteiger partial charge in [-0.2, -0.15) is 0 Å². The molecule has 0 aromatic rings. The molecule has 2 radical (unpaired) electrons. The second-order valence-electron chi connectivity index (χ2n) is 0.604. The highest BCUT2D eigenvalue weighted by Crippen LogP contribution is 1.69. The lowest BCUT2D eigenvalue weighted by Crippen LogP contribution is -1.88. The zero-order valence-electron chi connectivity index (χ0n) is 3.18. The van der Waals surface area contributed by atoms with Gasteiger partial charge in [-0.05, 0) is 0 Å². The fraction of sp³-hybridized carbons (Fsp3) is 0. The summed E-state index contributed by atoms with van der Waals surface area (Å²) >= 11 is 0. The second-order valence-corrected chi connectivity index (χ2v) is 0.604. The van der Waals surface area contributed by atoms with E-state index in [0.29, 0.717) is 0 Å². The quantitative estimate of drug-likeness (QED) is 0.339. The normalized spacial score (nSPS) is 6.83. The molecule has 0 aromatic heterocycles. The van der Waals surface area contributed by atoms with Crippen molar-refractivity contribution in [2.45, 2.75) is 0 Å². The van der Waals surface area contributed by atoms with E-state index < -0.39 is 5.97 Å². The highest BCUT2D eigenvalue weighted by atomic mass is 16.5. The zero-order valence-corrected chi connectivity index (χ0v) is 3.18. The standard InChI is InChI=1S/C4H4O2/c1-3-6-4(2)5/h2-3H,1H2. The maximum Gasteiger partial charge on any atom is 0.315 e. The molecule has 0 aliphatic heterocycles. The van der Waals surface area contributed by atoms with E-state index in [1.54, 1.807) is 0 Å². The third-order valence-corrected chi connectivity index (χ3v) is 0.199. The Hall–Kier alpha value is -0.790. The average molecular weight is 84.1 g/mol. The van der Waals surface area contributed by atoms with Gasteiger partial charge < -0.3 is 4.74 Å². The summed E-state index contributed by atoms with van der Waals surface area (Å²) < 4.78 is 3.94. The van der Waals surface area contributed by atoms with Gasteiger partial charge in [0, 0.05) is 0 Å². The lowest BCUT2D eigenvalue weighted by atomic mass is 10.8. The first kappa shape index (κ1) is 5.21. The highest BCUT2D eigenvalue weighted by molar-refractivity contribution is 5.74. The maximum absolute atomic E-state index is 9.53. The fourth-order valence-electron chi connectivity index (χ4n) is 0.0821. The van der Waals surface area contributed by atoms with Gasteiger partial charge in [-0.1, -0.05) is 6.58 Å². The van der Waals surface area contributed by atoms with Crippen molar-refractivity contribution in [3.8, 4) is 0 Å². The minimum Gasteiger partial charge on any atom is -0.435 e. The van der Waals surface area contributed by atoms with Crippen LogP contribution < -0.4 is 0 Å². The minimum atomic E-state index is -0.829. The topological polar surface area (TPSA) is 26.3 Å². The largest absolute Gasteiger partial charge is 0.435 e. The molecule has 2 heteroatoms. The van der Waals surface area contributed by atoms with Crippen LogP contribution in [-0.4, -0.2) is 5.97 Å². The van der Waals surface area contributed by atoms with Gasteiger partial charge in [-0.25, -0.2) is 0 Å². The van der Waals surface area contributed by atoms with E-state index in [9.17, 15) is 4.79 Å². The molecule has 0 saturated carbocycles. The van der Waals surface area contributed by atoms with E-state index in [-0.39, 0.29) is 0 Å². The Morgan fingerprint density at radius 1 is 2.00 bits per heavy atom. The average Bonchev–Trinajstić information content (AvgIpc) is 1.35. The molecule has 0 aromatic carbocycles. The van der Waals surface area contributed by atoms with E-state index >= 15 is 0 Å². The first-order chi connectivity index (χ1) is 2.77. The molecule has 32 valence electrons. The summed E-state index contributed by atoms with van der Waals surface area (Å²) in [6.45, 7) is 7.55. The first-order valence-corrected chi connectivity index (χ1v) is 1.34. The number of hydrogen-bond acceptors (Lipinski definition) is 2. The molecule has 0 unspecified atom stereocenters. The van der Waals surface area contributed by atoms with Gasteiger partial charge in [0.15, 0.2) is 0 Å². The minimum absolute atomic E-state index is 0.829. The summed E-state index contributed by atoms with van der Waals surface area (Å²) in [5.41, 5.74) is 0. The van der Waals surface area contributed by atoms with Crippen LogP contribution in [0.5, 0.6) is 0 Å². The molecular formula is C4H4O2. The Kier molecular flexibility index (Phi) is 2.13. The van der Waals surface area contributed by atoms with E-state index in [0.717, 1.165) is 6.26 Å². The molecule has 0 rings (SSSR count). The molecule has 0 bridgehead atoms. The van der Waals surface area contributed by atoms with Crippen LogP contribution in [0.4, 0.5) is 0 Å². The van der Waals surface area contributed by atoms with Crippen molar-refractivity contribution in [2.75, 3.05) is 0 Å². The smallest absolute Gasteiger partial charge is 0.315 e. The van der Waals surface area contributed by atoms with Gasteiger partial charge in [0.05, 0.1) is 13.2 Å². The molecule has 0 amide bonds. The van der Waals surface area contributed by atoms with Crippen LogP contribution in [0.3, 0.4) is 0 Å². The molecule has 6 heavy (non-hydrogen) atoms. The SMILES string of the molecule is [CH]C(=O)OC=C. The Labute approximate surface area is 36.4 Å². The molecule has 0 N–H and O–H groups in total. The van der Waals surface area contributed by atoms with Gasteiger partial charge in [0.1, 0.15) is 0 Å². The third kappa shape index (κ3) is 3.21. The van der Waals surface area contributed by atoms with Crippen LogP contribution in [0.1, 0.15) is 0 Å². The van der Waals surface area contributed by atoms with E-state index in [2.05, 4.69) is 18.2 Å². The summed E-state index contributed by atoms with van der Waals surface area (Å²) in [5, 5.41) is 0. The molecule has 0 aliphatic rings. The van der Waals surface area contributed by atoms with E-state index in [1.807, 2.05) is 0 Å². The number of rotatable bonds is 1. The molecule has 0 spiro atoms. The fourth-order valence-corrected chi connectivity index (χ4v) is 0.0821. The predicted octanol–water partition coefficient (Wildman–Crippen LogP) is 0.384. The molecule has 0 aliphatic carbocycles. The zero-order chi connectivity index (χ0) is 4.99. The number of carbonyl (C=O) groups is 1. The molecule has 0 heterocycles. The number of carbonyl (C=O) groups excluding carboxylic acids is 1. The maximum atomic E-state index is 9.53. The van der Waals surface area contributed by atoms with Crippen LogP contribution in [0.15, 0.2) is 12.8 Å². The molecule has 0 fully saturated rings. The Bertz CT molecular complexity index is 65.9. The molecule has 2 nitrogen and oxygen atoms in total. The monoisotopic (exact) mass is 84.0 g/mol. The second kappa shape index (κ2) is 2.45. The van der Waals surface area contributed by atoms with Crippen molar-refractivity contribution in [3.63, 3.8) is 0 Å². The van der Waals surface area contributed by atoms with Crippen molar-refractivity contribution in [1.82, 2.24) is 0 Å². The molecular weight excluding hydrogens is 80.0 g/mol. The van der Waals surface area contributed by atoms with Crippen LogP contribution in [0, 0.1) is 6.92 Å². The molecule has 0 atom stereocenters. The van der Waals surface area contributed by atoms with E-state index in [4.69, 9.17) is 0 Å². The van der Waals surface area contributed by atoms with Gasteiger partial charge in [0.25, 0.3) is 0 Å². The van der Waals surface area contributed by atoms with Crippen LogP contribution in [-0.2, 0) is 9.53 Å². The summed E-state index contributed by atoms with van der Waals surface area (Å²) in [6.07, 6.45) is 0.975. The van der Waals surface area contributed by atoms with Crippen LogP contribution >= 0.6 is 0 Å². The van der Waals surface area contributed by atoms with Gasteiger partial charge in [0.2, 0.25) is 0 Å². The summed E-state index contributed by atoms with van der Waals surface area (Å²) in [5.74, 6) is -0.829. The van der Waals surface area contributed by atoms with Gasteiger partial charge in [-0.3, -0.25) is 4.79 Å². The summed E-state index contributed by atoms with van der Waals surface area (Å²) in [4.78, 5) is 9.53. The van der Waals surface area contributed by atoms with Crippen molar-refractivity contribution in [2.24, 2.45) is 0 Å². The predicted molar refractivity (Wildman–Crippen MR) is 20.6 cm³/mol. The van der Waals surface area contributed by atoms with Crippen molar-refractivity contribution >= 4 is 5.97 Å². The summed E-state index contributed by atoms with van der Waals surface area (Å²) in [7, 11) is 0. The highest BCUT2D eigenvalue weighted by Gasteiger charge is 1.80. The van der Waals surface area contributed by atoms with Crippen molar-refractivity contribution < 1.29 is 9.53 Å². The lowest BCUT2D eigenvalue weighted by molar-refractivity contribution is -0.132.